The summed E-state index contributed by atoms with van der Waals surface area (Å²) in [7, 11) is 0. The Labute approximate surface area is 119 Å². The molecule has 3 aromatic rings. The molecule has 3 rings (SSSR count). The van der Waals surface area contributed by atoms with Crippen LogP contribution in [0.5, 0.6) is 0 Å². The van der Waals surface area contributed by atoms with E-state index in [0.717, 1.165) is 16.6 Å². The van der Waals surface area contributed by atoms with Crippen molar-refractivity contribution in [2.24, 2.45) is 0 Å². The molecule has 0 aliphatic carbocycles. The number of pyridine rings is 1. The molecule has 0 aliphatic rings. The molecule has 0 unspecified atom stereocenters. The number of rotatable bonds is 2. The Kier molecular flexibility index (Phi) is 3.20. The van der Waals surface area contributed by atoms with E-state index in [1.807, 2.05) is 12.1 Å². The normalized spacial score (nSPS) is 10.7. The van der Waals surface area contributed by atoms with E-state index in [-0.39, 0.29) is 5.82 Å². The van der Waals surface area contributed by atoms with Crippen LogP contribution in [0.3, 0.4) is 0 Å². The van der Waals surface area contributed by atoms with Crippen molar-refractivity contribution in [2.45, 2.75) is 0 Å². The molecule has 20 heavy (non-hydrogen) atoms. The summed E-state index contributed by atoms with van der Waals surface area (Å²) in [6.07, 6.45) is 0. The van der Waals surface area contributed by atoms with Gasteiger partial charge in [0.15, 0.2) is 0 Å². The minimum Gasteiger partial charge on any atom is -0.276 e. The fourth-order valence-electron chi connectivity index (χ4n) is 2.02. The summed E-state index contributed by atoms with van der Waals surface area (Å²) in [5.74, 6) is -0.287. The molecule has 0 amide bonds. The predicted molar refractivity (Wildman–Crippen MR) is 77.3 cm³/mol. The maximum Gasteiger partial charge on any atom is 0.252 e. The number of carbonyl (C=O) groups excluding carboxylic acids is 1. The highest BCUT2D eigenvalue weighted by Gasteiger charge is 2.06. The standard InChI is InChI=1S/C16H9ClFNO/c17-16(20)12-2-1-11-5-8-14(19-15(11)9-12)10-3-6-13(18)7-4-10/h1-9H. The zero-order chi connectivity index (χ0) is 14.1. The number of nitrogens with zero attached hydrogens (tertiary/aromatic N) is 1. The summed E-state index contributed by atoms with van der Waals surface area (Å²) in [6, 6.07) is 15.0. The van der Waals surface area contributed by atoms with Crippen molar-refractivity contribution in [3.8, 4) is 11.3 Å². The van der Waals surface area contributed by atoms with Crippen LogP contribution in [0.15, 0.2) is 54.6 Å². The van der Waals surface area contributed by atoms with E-state index < -0.39 is 5.24 Å². The molecular weight excluding hydrogens is 277 g/mol. The van der Waals surface area contributed by atoms with Gasteiger partial charge >= 0.3 is 0 Å². The van der Waals surface area contributed by atoms with Gasteiger partial charge in [-0.25, -0.2) is 9.37 Å². The molecule has 0 fully saturated rings. The van der Waals surface area contributed by atoms with Crippen molar-refractivity contribution in [3.63, 3.8) is 0 Å². The Morgan fingerprint density at radius 3 is 2.40 bits per heavy atom. The summed E-state index contributed by atoms with van der Waals surface area (Å²) in [4.78, 5) is 15.7. The Hall–Kier alpha value is -2.26. The summed E-state index contributed by atoms with van der Waals surface area (Å²) >= 11 is 5.47. The van der Waals surface area contributed by atoms with Crippen LogP contribution < -0.4 is 0 Å². The molecule has 0 atom stereocenters. The first kappa shape index (κ1) is 12.8. The van der Waals surface area contributed by atoms with Crippen LogP contribution in [-0.2, 0) is 0 Å². The van der Waals surface area contributed by atoms with E-state index in [9.17, 15) is 9.18 Å². The smallest absolute Gasteiger partial charge is 0.252 e. The second kappa shape index (κ2) is 5.02. The predicted octanol–water partition coefficient (Wildman–Crippen LogP) is 4.42. The van der Waals surface area contributed by atoms with Gasteiger partial charge in [-0.1, -0.05) is 12.1 Å². The summed E-state index contributed by atoms with van der Waals surface area (Å²) in [5.41, 5.74) is 2.62. The van der Waals surface area contributed by atoms with Crippen molar-refractivity contribution in [1.29, 1.82) is 0 Å². The third-order valence-electron chi connectivity index (χ3n) is 3.06. The van der Waals surface area contributed by atoms with Crippen LogP contribution in [0.4, 0.5) is 4.39 Å². The molecule has 98 valence electrons. The molecule has 1 heterocycles. The van der Waals surface area contributed by atoms with Crippen LogP contribution in [0.2, 0.25) is 0 Å². The average molecular weight is 286 g/mol. The van der Waals surface area contributed by atoms with E-state index in [1.54, 1.807) is 30.3 Å². The Balaban J connectivity index is 2.13. The first-order chi connectivity index (χ1) is 9.63. The van der Waals surface area contributed by atoms with Crippen molar-refractivity contribution >= 4 is 27.7 Å². The minimum atomic E-state index is -0.513. The van der Waals surface area contributed by atoms with Gasteiger partial charge in [0.1, 0.15) is 5.82 Å². The van der Waals surface area contributed by atoms with E-state index in [4.69, 9.17) is 11.6 Å². The molecule has 0 spiro atoms. The van der Waals surface area contributed by atoms with Gasteiger partial charge < -0.3 is 0 Å². The lowest BCUT2D eigenvalue weighted by Crippen LogP contribution is -1.91. The Morgan fingerprint density at radius 2 is 1.70 bits per heavy atom. The van der Waals surface area contributed by atoms with Gasteiger partial charge in [0.2, 0.25) is 0 Å². The molecule has 0 saturated heterocycles. The number of hydrogen-bond donors (Lipinski definition) is 0. The largest absolute Gasteiger partial charge is 0.276 e. The molecule has 0 saturated carbocycles. The van der Waals surface area contributed by atoms with Crippen LogP contribution >= 0.6 is 11.6 Å². The number of hydrogen-bond acceptors (Lipinski definition) is 2. The highest BCUT2D eigenvalue weighted by atomic mass is 35.5. The molecule has 4 heteroatoms. The Bertz CT molecular complexity index is 799. The van der Waals surface area contributed by atoms with Gasteiger partial charge in [-0.2, -0.15) is 0 Å². The minimum absolute atomic E-state index is 0.287. The average Bonchev–Trinajstić information content (AvgIpc) is 2.47. The molecule has 2 nitrogen and oxygen atoms in total. The summed E-state index contributed by atoms with van der Waals surface area (Å²) < 4.78 is 12.9. The van der Waals surface area contributed by atoms with Crippen LogP contribution in [-0.4, -0.2) is 10.2 Å². The number of carbonyl (C=O) groups is 1. The number of benzene rings is 2. The van der Waals surface area contributed by atoms with E-state index in [1.165, 1.54) is 12.1 Å². The zero-order valence-corrected chi connectivity index (χ0v) is 11.1. The number of fused-ring (bicyclic) bond motifs is 1. The molecule has 0 N–H and O–H groups in total. The monoisotopic (exact) mass is 285 g/mol. The zero-order valence-electron chi connectivity index (χ0n) is 10.3. The third kappa shape index (κ3) is 2.40. The van der Waals surface area contributed by atoms with E-state index in [0.29, 0.717) is 11.1 Å². The maximum atomic E-state index is 12.9. The van der Waals surface area contributed by atoms with Gasteiger partial charge in [-0.05, 0) is 54.1 Å². The highest BCUT2D eigenvalue weighted by molar-refractivity contribution is 6.67. The second-order valence-corrected chi connectivity index (χ2v) is 4.73. The molecule has 2 aromatic carbocycles. The topological polar surface area (TPSA) is 30.0 Å². The fourth-order valence-corrected chi connectivity index (χ4v) is 2.14. The van der Waals surface area contributed by atoms with Crippen molar-refractivity contribution < 1.29 is 9.18 Å². The lowest BCUT2D eigenvalue weighted by Gasteiger charge is -2.04. The molecule has 0 radical (unpaired) electrons. The third-order valence-corrected chi connectivity index (χ3v) is 3.28. The van der Waals surface area contributed by atoms with Gasteiger partial charge in [0, 0.05) is 16.5 Å². The fraction of sp³-hybridized carbons (Fsp3) is 0. The first-order valence-corrected chi connectivity index (χ1v) is 6.38. The molecular formula is C16H9ClFNO. The second-order valence-electron chi connectivity index (χ2n) is 4.38. The molecule has 1 aromatic heterocycles. The van der Waals surface area contributed by atoms with Gasteiger partial charge in [-0.15, -0.1) is 0 Å². The number of halogens is 2. The van der Waals surface area contributed by atoms with E-state index >= 15 is 0 Å². The summed E-state index contributed by atoms with van der Waals surface area (Å²) in [6.45, 7) is 0. The Morgan fingerprint density at radius 1 is 1.00 bits per heavy atom. The van der Waals surface area contributed by atoms with Gasteiger partial charge in [0.25, 0.3) is 5.24 Å². The quantitative estimate of drug-likeness (QED) is 0.652. The lowest BCUT2D eigenvalue weighted by molar-refractivity contribution is 0.108. The van der Waals surface area contributed by atoms with Crippen molar-refractivity contribution in [1.82, 2.24) is 4.98 Å². The molecule has 0 bridgehead atoms. The summed E-state index contributed by atoms with van der Waals surface area (Å²) in [5, 5.41) is 0.401. The van der Waals surface area contributed by atoms with Gasteiger partial charge in [-0.3, -0.25) is 4.79 Å². The highest BCUT2D eigenvalue weighted by Crippen LogP contribution is 2.22. The number of aromatic nitrogens is 1. The van der Waals surface area contributed by atoms with Crippen LogP contribution in [0, 0.1) is 5.82 Å². The van der Waals surface area contributed by atoms with Crippen molar-refractivity contribution in [2.75, 3.05) is 0 Å². The first-order valence-electron chi connectivity index (χ1n) is 6.00. The van der Waals surface area contributed by atoms with Crippen LogP contribution in [0.1, 0.15) is 10.4 Å². The molecule has 0 aliphatic heterocycles. The SMILES string of the molecule is O=C(Cl)c1ccc2ccc(-c3ccc(F)cc3)nc2c1. The van der Waals surface area contributed by atoms with E-state index in [2.05, 4.69) is 4.98 Å². The maximum absolute atomic E-state index is 12.9. The van der Waals surface area contributed by atoms with Crippen LogP contribution in [0.25, 0.3) is 22.2 Å². The van der Waals surface area contributed by atoms with Gasteiger partial charge in [0.05, 0.1) is 11.2 Å². The lowest BCUT2D eigenvalue weighted by atomic mass is 10.1. The van der Waals surface area contributed by atoms with Crippen molar-refractivity contribution in [3.05, 3.63) is 66.0 Å².